The molecule has 0 atom stereocenters. The van der Waals surface area contributed by atoms with Gasteiger partial charge >= 0.3 is 0 Å². The molecule has 0 saturated heterocycles. The Balaban J connectivity index is 2.27. The van der Waals surface area contributed by atoms with E-state index < -0.39 is 0 Å². The summed E-state index contributed by atoms with van der Waals surface area (Å²) in [6.45, 7) is 5.78. The van der Waals surface area contributed by atoms with Crippen LogP contribution >= 0.6 is 0 Å². The molecule has 0 bridgehead atoms. The van der Waals surface area contributed by atoms with Crippen LogP contribution in [0.3, 0.4) is 0 Å². The number of anilines is 2. The number of aryl methyl sites for hydroxylation is 3. The first kappa shape index (κ1) is 10.5. The molecule has 0 aromatic carbocycles. The minimum absolute atomic E-state index is 0.759. The van der Waals surface area contributed by atoms with Gasteiger partial charge in [-0.25, -0.2) is 15.0 Å². The lowest BCUT2D eigenvalue weighted by molar-refractivity contribution is 1.01. The highest BCUT2D eigenvalue weighted by Gasteiger charge is 2.00. The number of nitrogens with one attached hydrogen (secondary N) is 1. The van der Waals surface area contributed by atoms with E-state index in [9.17, 15) is 0 Å². The molecule has 0 unspecified atom stereocenters. The number of hydrogen-bond donors (Lipinski definition) is 1. The summed E-state index contributed by atoms with van der Waals surface area (Å²) in [4.78, 5) is 12.9. The normalized spacial score (nSPS) is 10.2. The van der Waals surface area contributed by atoms with Gasteiger partial charge in [-0.05, 0) is 32.9 Å². The standard InChI is InChI=1S/C12H14N4/c1-8-5-4-6-11(14-8)16-12-7-9(2)13-10(3)15-12/h4-7H,1-3H3,(H,13,14,15,16). The smallest absolute Gasteiger partial charge is 0.135 e. The van der Waals surface area contributed by atoms with Gasteiger partial charge in [0.2, 0.25) is 0 Å². The van der Waals surface area contributed by atoms with Crippen LogP contribution in [0.25, 0.3) is 0 Å². The molecule has 0 saturated carbocycles. The minimum atomic E-state index is 0.759. The molecule has 0 spiro atoms. The zero-order chi connectivity index (χ0) is 11.5. The summed E-state index contributed by atoms with van der Waals surface area (Å²) >= 11 is 0. The quantitative estimate of drug-likeness (QED) is 0.834. The Morgan fingerprint density at radius 2 is 1.69 bits per heavy atom. The van der Waals surface area contributed by atoms with Gasteiger partial charge < -0.3 is 5.32 Å². The molecule has 2 aromatic rings. The van der Waals surface area contributed by atoms with Gasteiger partial charge in [-0.3, -0.25) is 0 Å². The van der Waals surface area contributed by atoms with Crippen LogP contribution in [0.15, 0.2) is 24.3 Å². The van der Waals surface area contributed by atoms with Gasteiger partial charge in [0, 0.05) is 17.5 Å². The lowest BCUT2D eigenvalue weighted by Crippen LogP contribution is -2.00. The molecule has 0 fully saturated rings. The fourth-order valence-corrected chi connectivity index (χ4v) is 1.52. The van der Waals surface area contributed by atoms with Crippen molar-refractivity contribution in [2.24, 2.45) is 0 Å². The third-order valence-electron chi connectivity index (χ3n) is 2.11. The van der Waals surface area contributed by atoms with Crippen LogP contribution in [0.4, 0.5) is 11.6 Å². The molecule has 0 aliphatic heterocycles. The zero-order valence-corrected chi connectivity index (χ0v) is 9.65. The molecule has 2 aromatic heterocycles. The predicted octanol–water partition coefficient (Wildman–Crippen LogP) is 2.54. The first-order valence-corrected chi connectivity index (χ1v) is 5.16. The molecule has 0 radical (unpaired) electrons. The molecule has 82 valence electrons. The van der Waals surface area contributed by atoms with E-state index in [1.54, 1.807) is 0 Å². The maximum absolute atomic E-state index is 4.36. The van der Waals surface area contributed by atoms with Gasteiger partial charge in [-0.15, -0.1) is 0 Å². The fourth-order valence-electron chi connectivity index (χ4n) is 1.52. The Labute approximate surface area is 94.8 Å². The molecule has 2 heterocycles. The van der Waals surface area contributed by atoms with Crippen LogP contribution in [-0.2, 0) is 0 Å². The van der Waals surface area contributed by atoms with Crippen LogP contribution in [0.2, 0.25) is 0 Å². The summed E-state index contributed by atoms with van der Waals surface area (Å²) < 4.78 is 0. The average molecular weight is 214 g/mol. The van der Waals surface area contributed by atoms with Gasteiger partial charge in [-0.2, -0.15) is 0 Å². The summed E-state index contributed by atoms with van der Waals surface area (Å²) in [5.74, 6) is 2.34. The minimum Gasteiger partial charge on any atom is -0.325 e. The number of aromatic nitrogens is 3. The molecule has 0 aliphatic rings. The van der Waals surface area contributed by atoms with Gasteiger partial charge in [0.05, 0.1) is 0 Å². The van der Waals surface area contributed by atoms with Crippen molar-refractivity contribution in [3.8, 4) is 0 Å². The monoisotopic (exact) mass is 214 g/mol. The second kappa shape index (κ2) is 4.26. The van der Waals surface area contributed by atoms with Crippen molar-refractivity contribution < 1.29 is 0 Å². The van der Waals surface area contributed by atoms with E-state index in [2.05, 4.69) is 20.3 Å². The molecule has 0 amide bonds. The van der Waals surface area contributed by atoms with E-state index in [1.807, 2.05) is 45.0 Å². The van der Waals surface area contributed by atoms with E-state index in [0.717, 1.165) is 28.8 Å². The first-order chi connectivity index (χ1) is 7.63. The number of nitrogens with zero attached hydrogens (tertiary/aromatic N) is 3. The van der Waals surface area contributed by atoms with Crippen molar-refractivity contribution in [3.05, 3.63) is 41.5 Å². The van der Waals surface area contributed by atoms with Crippen LogP contribution < -0.4 is 5.32 Å². The second-order valence-corrected chi connectivity index (χ2v) is 3.73. The van der Waals surface area contributed by atoms with Crippen molar-refractivity contribution in [1.82, 2.24) is 15.0 Å². The summed E-state index contributed by atoms with van der Waals surface area (Å²) in [6, 6.07) is 7.74. The lowest BCUT2D eigenvalue weighted by atomic mass is 10.3. The Kier molecular flexibility index (Phi) is 2.81. The van der Waals surface area contributed by atoms with Crippen molar-refractivity contribution in [3.63, 3.8) is 0 Å². The average Bonchev–Trinajstić information content (AvgIpc) is 2.15. The maximum atomic E-state index is 4.36. The largest absolute Gasteiger partial charge is 0.325 e. The van der Waals surface area contributed by atoms with Crippen molar-refractivity contribution in [2.45, 2.75) is 20.8 Å². The third kappa shape index (κ3) is 2.53. The van der Waals surface area contributed by atoms with Crippen LogP contribution in [-0.4, -0.2) is 15.0 Å². The van der Waals surface area contributed by atoms with E-state index in [0.29, 0.717) is 0 Å². The summed E-state index contributed by atoms with van der Waals surface area (Å²) in [5.41, 5.74) is 1.93. The van der Waals surface area contributed by atoms with Crippen molar-refractivity contribution in [1.29, 1.82) is 0 Å². The second-order valence-electron chi connectivity index (χ2n) is 3.73. The SMILES string of the molecule is Cc1cccc(Nc2cc(C)nc(C)n2)n1. The molecule has 4 heteroatoms. The number of rotatable bonds is 2. The fraction of sp³-hybridized carbons (Fsp3) is 0.250. The Morgan fingerprint density at radius 3 is 2.38 bits per heavy atom. The summed E-state index contributed by atoms with van der Waals surface area (Å²) in [7, 11) is 0. The highest BCUT2D eigenvalue weighted by Crippen LogP contribution is 2.13. The van der Waals surface area contributed by atoms with Crippen LogP contribution in [0.5, 0.6) is 0 Å². The highest BCUT2D eigenvalue weighted by atomic mass is 15.1. The Morgan fingerprint density at radius 1 is 0.875 bits per heavy atom. The number of hydrogen-bond acceptors (Lipinski definition) is 4. The summed E-state index contributed by atoms with van der Waals surface area (Å²) in [5, 5.41) is 3.16. The van der Waals surface area contributed by atoms with Crippen molar-refractivity contribution >= 4 is 11.6 Å². The van der Waals surface area contributed by atoms with E-state index in [-0.39, 0.29) is 0 Å². The van der Waals surface area contributed by atoms with Crippen molar-refractivity contribution in [2.75, 3.05) is 5.32 Å². The summed E-state index contributed by atoms with van der Waals surface area (Å²) in [6.07, 6.45) is 0. The van der Waals surface area contributed by atoms with E-state index in [1.165, 1.54) is 0 Å². The topological polar surface area (TPSA) is 50.7 Å². The molecule has 0 aliphatic carbocycles. The van der Waals surface area contributed by atoms with Crippen LogP contribution in [0.1, 0.15) is 17.2 Å². The van der Waals surface area contributed by atoms with Gasteiger partial charge in [0.1, 0.15) is 17.5 Å². The van der Waals surface area contributed by atoms with Gasteiger partial charge in [0.15, 0.2) is 0 Å². The molecular formula is C12H14N4. The molecular weight excluding hydrogens is 200 g/mol. The van der Waals surface area contributed by atoms with Gasteiger partial charge in [-0.1, -0.05) is 6.07 Å². The predicted molar refractivity (Wildman–Crippen MR) is 63.8 cm³/mol. The van der Waals surface area contributed by atoms with E-state index in [4.69, 9.17) is 0 Å². The van der Waals surface area contributed by atoms with E-state index >= 15 is 0 Å². The Hall–Kier alpha value is -1.97. The molecule has 1 N–H and O–H groups in total. The maximum Gasteiger partial charge on any atom is 0.135 e. The zero-order valence-electron chi connectivity index (χ0n) is 9.65. The molecule has 16 heavy (non-hydrogen) atoms. The first-order valence-electron chi connectivity index (χ1n) is 5.16. The highest BCUT2D eigenvalue weighted by molar-refractivity contribution is 5.51. The molecule has 2 rings (SSSR count). The van der Waals surface area contributed by atoms with Crippen LogP contribution in [0, 0.1) is 20.8 Å². The third-order valence-corrected chi connectivity index (χ3v) is 2.11. The molecule has 4 nitrogen and oxygen atoms in total. The van der Waals surface area contributed by atoms with Gasteiger partial charge in [0.25, 0.3) is 0 Å². The lowest BCUT2D eigenvalue weighted by Gasteiger charge is -2.06. The Bertz CT molecular complexity index is 488. The number of pyridine rings is 1.